The summed E-state index contributed by atoms with van der Waals surface area (Å²) >= 11 is 0. The van der Waals surface area contributed by atoms with Gasteiger partial charge in [0.1, 0.15) is 0 Å². The van der Waals surface area contributed by atoms with E-state index in [1.165, 1.54) is 0 Å². The molecule has 0 aliphatic carbocycles. The molecule has 0 aromatic rings. The molecule has 0 radical (unpaired) electrons. The monoisotopic (exact) mass is 199 g/mol. The summed E-state index contributed by atoms with van der Waals surface area (Å²) in [6.07, 6.45) is 1.26. The molecule has 0 saturated carbocycles. The Kier molecular flexibility index (Phi) is 3.93. The molecule has 0 unspecified atom stereocenters. The lowest BCUT2D eigenvalue weighted by Gasteiger charge is -2.36. The molecule has 1 amide bonds. The van der Waals surface area contributed by atoms with Gasteiger partial charge in [0, 0.05) is 19.0 Å². The van der Waals surface area contributed by atoms with Crippen molar-refractivity contribution in [1.82, 2.24) is 4.90 Å². The third kappa shape index (κ3) is 2.71. The van der Waals surface area contributed by atoms with E-state index in [4.69, 9.17) is 4.74 Å². The molecule has 0 aromatic carbocycles. The van der Waals surface area contributed by atoms with Gasteiger partial charge in [-0.2, -0.15) is 0 Å². The highest BCUT2D eigenvalue weighted by Crippen LogP contribution is 2.14. The fourth-order valence-corrected chi connectivity index (χ4v) is 1.84. The molecule has 1 saturated heterocycles. The van der Waals surface area contributed by atoms with Crippen LogP contribution in [0.25, 0.3) is 0 Å². The third-order valence-corrected chi connectivity index (χ3v) is 2.77. The van der Waals surface area contributed by atoms with Gasteiger partial charge in [-0.1, -0.05) is 13.8 Å². The van der Waals surface area contributed by atoms with E-state index < -0.39 is 0 Å². The van der Waals surface area contributed by atoms with E-state index in [0.29, 0.717) is 0 Å². The highest BCUT2D eigenvalue weighted by molar-refractivity contribution is 5.78. The molecule has 14 heavy (non-hydrogen) atoms. The Labute approximate surface area is 86.4 Å². The van der Waals surface area contributed by atoms with Crippen LogP contribution in [-0.4, -0.2) is 36.1 Å². The number of amides is 1. The number of carbonyl (C=O) groups excluding carboxylic acids is 1. The third-order valence-electron chi connectivity index (χ3n) is 2.77. The molecule has 3 heteroatoms. The minimum Gasteiger partial charge on any atom is -0.372 e. The molecule has 1 aliphatic rings. The summed E-state index contributed by atoms with van der Waals surface area (Å²) in [7, 11) is 0. The number of hydrogen-bond donors (Lipinski definition) is 0. The standard InChI is InChI=1S/C11H21NO2/c1-5-8(2)11(13)12-6-9(3)14-10(4)7-12/h8-10H,5-7H2,1-4H3/t8-,9-,10-/m0/s1. The van der Waals surface area contributed by atoms with E-state index in [9.17, 15) is 4.79 Å². The highest BCUT2D eigenvalue weighted by Gasteiger charge is 2.27. The number of morpholine rings is 1. The fraction of sp³-hybridized carbons (Fsp3) is 0.909. The number of rotatable bonds is 2. The van der Waals surface area contributed by atoms with Gasteiger partial charge in [-0.05, 0) is 20.3 Å². The molecular formula is C11H21NO2. The summed E-state index contributed by atoms with van der Waals surface area (Å²) in [5.74, 6) is 0.419. The Morgan fingerprint density at radius 2 is 1.93 bits per heavy atom. The molecule has 0 bridgehead atoms. The van der Waals surface area contributed by atoms with E-state index in [1.54, 1.807) is 0 Å². The van der Waals surface area contributed by atoms with Crippen LogP contribution >= 0.6 is 0 Å². The zero-order valence-corrected chi connectivity index (χ0v) is 9.62. The lowest BCUT2D eigenvalue weighted by molar-refractivity contribution is -0.147. The van der Waals surface area contributed by atoms with Crippen LogP contribution in [-0.2, 0) is 9.53 Å². The van der Waals surface area contributed by atoms with Crippen molar-refractivity contribution in [3.8, 4) is 0 Å². The van der Waals surface area contributed by atoms with Gasteiger partial charge in [-0.3, -0.25) is 4.79 Å². The second-order valence-electron chi connectivity index (χ2n) is 4.31. The lowest BCUT2D eigenvalue weighted by Crippen LogP contribution is -2.49. The van der Waals surface area contributed by atoms with E-state index >= 15 is 0 Å². The maximum Gasteiger partial charge on any atom is 0.225 e. The first-order valence-corrected chi connectivity index (χ1v) is 5.48. The molecular weight excluding hydrogens is 178 g/mol. The first-order chi connectivity index (χ1) is 6.54. The maximum absolute atomic E-state index is 11.9. The summed E-state index contributed by atoms with van der Waals surface area (Å²) in [5.41, 5.74) is 0. The van der Waals surface area contributed by atoms with Crippen LogP contribution in [0.5, 0.6) is 0 Å². The number of nitrogens with zero attached hydrogens (tertiary/aromatic N) is 1. The Hall–Kier alpha value is -0.570. The second-order valence-corrected chi connectivity index (χ2v) is 4.31. The van der Waals surface area contributed by atoms with Crippen molar-refractivity contribution in [2.45, 2.75) is 46.3 Å². The van der Waals surface area contributed by atoms with Crippen molar-refractivity contribution in [1.29, 1.82) is 0 Å². The van der Waals surface area contributed by atoms with Crippen molar-refractivity contribution < 1.29 is 9.53 Å². The Balaban J connectivity index is 2.54. The average molecular weight is 199 g/mol. The first kappa shape index (κ1) is 11.5. The summed E-state index contributed by atoms with van der Waals surface area (Å²) in [5, 5.41) is 0. The van der Waals surface area contributed by atoms with Crippen molar-refractivity contribution in [2.24, 2.45) is 5.92 Å². The summed E-state index contributed by atoms with van der Waals surface area (Å²) < 4.78 is 5.59. The van der Waals surface area contributed by atoms with E-state index in [1.807, 2.05) is 25.7 Å². The molecule has 0 aromatic heterocycles. The van der Waals surface area contributed by atoms with E-state index in [-0.39, 0.29) is 24.0 Å². The molecule has 1 fully saturated rings. The van der Waals surface area contributed by atoms with Gasteiger partial charge in [-0.25, -0.2) is 0 Å². The van der Waals surface area contributed by atoms with E-state index in [0.717, 1.165) is 19.5 Å². The fourth-order valence-electron chi connectivity index (χ4n) is 1.84. The minimum atomic E-state index is 0.146. The number of hydrogen-bond acceptors (Lipinski definition) is 2. The van der Waals surface area contributed by atoms with Crippen LogP contribution in [0, 0.1) is 5.92 Å². The van der Waals surface area contributed by atoms with Gasteiger partial charge in [-0.15, -0.1) is 0 Å². The van der Waals surface area contributed by atoms with Crippen LogP contribution in [0.3, 0.4) is 0 Å². The van der Waals surface area contributed by atoms with Gasteiger partial charge in [0.15, 0.2) is 0 Å². The lowest BCUT2D eigenvalue weighted by atomic mass is 10.1. The topological polar surface area (TPSA) is 29.5 Å². The van der Waals surface area contributed by atoms with Gasteiger partial charge in [0.25, 0.3) is 0 Å². The van der Waals surface area contributed by atoms with Crippen LogP contribution in [0.1, 0.15) is 34.1 Å². The molecule has 82 valence electrons. The molecule has 3 nitrogen and oxygen atoms in total. The van der Waals surface area contributed by atoms with Crippen LogP contribution in [0.15, 0.2) is 0 Å². The van der Waals surface area contributed by atoms with Gasteiger partial charge in [0.2, 0.25) is 5.91 Å². The van der Waals surface area contributed by atoms with Gasteiger partial charge < -0.3 is 9.64 Å². The first-order valence-electron chi connectivity index (χ1n) is 5.48. The summed E-state index contributed by atoms with van der Waals surface area (Å²) in [4.78, 5) is 13.8. The summed E-state index contributed by atoms with van der Waals surface area (Å²) in [6.45, 7) is 9.57. The zero-order valence-electron chi connectivity index (χ0n) is 9.62. The summed E-state index contributed by atoms with van der Waals surface area (Å²) in [6, 6.07) is 0. The van der Waals surface area contributed by atoms with Crippen LogP contribution in [0.2, 0.25) is 0 Å². The molecule has 3 atom stereocenters. The normalized spacial score (nSPS) is 30.1. The number of ether oxygens (including phenoxy) is 1. The van der Waals surface area contributed by atoms with Gasteiger partial charge >= 0.3 is 0 Å². The maximum atomic E-state index is 11.9. The molecule has 1 rings (SSSR count). The zero-order chi connectivity index (χ0) is 10.7. The smallest absolute Gasteiger partial charge is 0.225 e. The highest BCUT2D eigenvalue weighted by atomic mass is 16.5. The molecule has 0 N–H and O–H groups in total. The van der Waals surface area contributed by atoms with Crippen molar-refractivity contribution in [3.05, 3.63) is 0 Å². The minimum absolute atomic E-state index is 0.146. The van der Waals surface area contributed by atoms with Crippen LogP contribution < -0.4 is 0 Å². The van der Waals surface area contributed by atoms with Crippen molar-refractivity contribution >= 4 is 5.91 Å². The Bertz CT molecular complexity index is 195. The van der Waals surface area contributed by atoms with Crippen molar-refractivity contribution in [2.75, 3.05) is 13.1 Å². The predicted octanol–water partition coefficient (Wildman–Crippen LogP) is 1.67. The molecule has 1 aliphatic heterocycles. The van der Waals surface area contributed by atoms with Crippen molar-refractivity contribution in [3.63, 3.8) is 0 Å². The quantitative estimate of drug-likeness (QED) is 0.677. The van der Waals surface area contributed by atoms with Crippen LogP contribution in [0.4, 0.5) is 0 Å². The van der Waals surface area contributed by atoms with Gasteiger partial charge in [0.05, 0.1) is 12.2 Å². The predicted molar refractivity (Wildman–Crippen MR) is 56.0 cm³/mol. The Morgan fingerprint density at radius 3 is 2.36 bits per heavy atom. The SMILES string of the molecule is CC[C@H](C)C(=O)N1C[C@H](C)O[C@@H](C)C1. The number of carbonyl (C=O) groups is 1. The molecule has 0 spiro atoms. The average Bonchev–Trinajstić information content (AvgIpc) is 2.14. The Morgan fingerprint density at radius 1 is 1.43 bits per heavy atom. The largest absolute Gasteiger partial charge is 0.372 e. The second kappa shape index (κ2) is 4.78. The molecule has 1 heterocycles. The van der Waals surface area contributed by atoms with E-state index in [2.05, 4.69) is 6.92 Å².